The van der Waals surface area contributed by atoms with Gasteiger partial charge in [-0.15, -0.1) is 0 Å². The van der Waals surface area contributed by atoms with Crippen LogP contribution < -0.4 is 94.8 Å². The average molecular weight is 1390 g/mol. The van der Waals surface area contributed by atoms with E-state index in [-0.39, 0.29) is 34.1 Å². The first-order valence-corrected chi connectivity index (χ1v) is 40.6. The maximum Gasteiger partial charge on any atom is 0.143 e. The van der Waals surface area contributed by atoms with Gasteiger partial charge in [-0.25, -0.2) is 0 Å². The van der Waals surface area contributed by atoms with Gasteiger partial charge < -0.3 is 0 Å². The molecule has 92 heavy (non-hydrogen) atoms. The summed E-state index contributed by atoms with van der Waals surface area (Å²) in [6.07, 6.45) is 0. The summed E-state index contributed by atoms with van der Waals surface area (Å²) in [5, 5.41) is 26.4. The van der Waals surface area contributed by atoms with Crippen LogP contribution in [0.15, 0.2) is 400 Å². The first-order chi connectivity index (χ1) is 44.8. The summed E-state index contributed by atoms with van der Waals surface area (Å²) in [7, 11) is -8.92. The second-order valence-corrected chi connectivity index (χ2v) is 37.8. The summed E-state index contributed by atoms with van der Waals surface area (Å²) in [6, 6.07) is 150. The Hall–Kier alpha value is -7.73. The molecule has 0 saturated carbocycles. The predicted octanol–water partition coefficient (Wildman–Crippen LogP) is 9.83. The molecule has 0 saturated heterocycles. The van der Waals surface area contributed by atoms with Crippen LogP contribution in [0.4, 0.5) is 0 Å². The zero-order valence-electron chi connectivity index (χ0n) is 50.9. The molecule has 8 heteroatoms. The molecule has 0 spiro atoms. The Labute approximate surface area is 573 Å². The first kappa shape index (κ1) is 65.8. The van der Waals surface area contributed by atoms with E-state index in [1.165, 1.54) is 94.8 Å². The molecule has 0 N–H and O–H groups in total. The molecular formula is C84H72Cu2P4Si2+4. The third kappa shape index (κ3) is 15.3. The van der Waals surface area contributed by atoms with Crippen LogP contribution in [0.1, 0.15) is 0 Å². The van der Waals surface area contributed by atoms with Gasteiger partial charge in [-0.2, -0.15) is 0 Å². The number of hydrogen-bond acceptors (Lipinski definition) is 0. The number of hydrogen-bond donors (Lipinski definition) is 0. The van der Waals surface area contributed by atoms with Crippen LogP contribution >= 0.6 is 31.7 Å². The van der Waals surface area contributed by atoms with Gasteiger partial charge in [0.25, 0.3) is 0 Å². The van der Waals surface area contributed by atoms with Gasteiger partial charge in [-0.1, -0.05) is 289 Å². The van der Waals surface area contributed by atoms with Crippen molar-refractivity contribution in [2.45, 2.75) is 0 Å². The quantitative estimate of drug-likeness (QED) is 0.0457. The van der Waals surface area contributed by atoms with E-state index in [2.05, 4.69) is 400 Å². The fourth-order valence-corrected chi connectivity index (χ4v) is 33.2. The maximum atomic E-state index is 2.45. The molecule has 0 aromatic heterocycles. The molecule has 0 aliphatic carbocycles. The molecule has 0 bridgehead atoms. The number of rotatable bonds is 18. The Morgan fingerprint density at radius 1 is 0.141 bits per heavy atom. The summed E-state index contributed by atoms with van der Waals surface area (Å²) in [6.45, 7) is 0. The maximum absolute atomic E-state index is 2.45. The van der Waals surface area contributed by atoms with E-state index in [1.54, 1.807) is 0 Å². The molecule has 0 aliphatic rings. The summed E-state index contributed by atoms with van der Waals surface area (Å²) >= 11 is 0. The molecule has 0 fully saturated rings. The van der Waals surface area contributed by atoms with Crippen LogP contribution in [-0.4, -0.2) is 17.6 Å². The molecule has 2 radical (unpaired) electrons. The van der Waals surface area contributed by atoms with Crippen molar-refractivity contribution in [2.24, 2.45) is 0 Å². The van der Waals surface area contributed by atoms with Crippen LogP contribution in [0.5, 0.6) is 0 Å². The van der Waals surface area contributed by atoms with E-state index in [1.807, 2.05) is 0 Å². The Bertz CT molecular complexity index is 3790. The molecule has 14 rings (SSSR count). The minimum atomic E-state index is -1.94. The fraction of sp³-hybridized carbons (Fsp3) is 0. The van der Waals surface area contributed by atoms with Gasteiger partial charge in [0.05, 0.1) is 31.7 Å². The fourth-order valence-electron chi connectivity index (χ4n) is 13.0. The first-order valence-electron chi connectivity index (χ1n) is 31.1. The second kappa shape index (κ2) is 33.2. The van der Waals surface area contributed by atoms with Gasteiger partial charge in [0.15, 0.2) is 0 Å². The van der Waals surface area contributed by atoms with Crippen molar-refractivity contribution in [1.29, 1.82) is 0 Å². The van der Waals surface area contributed by atoms with Gasteiger partial charge in [-0.3, -0.25) is 0 Å². The number of benzene rings is 14. The Morgan fingerprint density at radius 2 is 0.272 bits per heavy atom. The Morgan fingerprint density at radius 3 is 0.435 bits per heavy atom. The third-order valence-electron chi connectivity index (χ3n) is 16.9. The SMILES string of the molecule is [Cu].[Cu].c1ccc([SiH](c2ccccc2[PH+](c2ccccc2)c2ccccc2)c2ccccc2[PH+](c2ccccc2)c2ccccc2)cc1.c1ccc([SiH](c2ccccc2[PH+](c2ccccc2)c2ccccc2)c2ccccc2[PH+](c2ccccc2)c2ccccc2)cc1. The van der Waals surface area contributed by atoms with Crippen molar-refractivity contribution in [3.05, 3.63) is 400 Å². The Balaban J connectivity index is 0.000000184. The van der Waals surface area contributed by atoms with Crippen LogP contribution in [-0.2, 0) is 34.1 Å². The van der Waals surface area contributed by atoms with Crippen LogP contribution in [0.3, 0.4) is 0 Å². The van der Waals surface area contributed by atoms with Crippen molar-refractivity contribution in [3.63, 3.8) is 0 Å². The summed E-state index contributed by atoms with van der Waals surface area (Å²) < 4.78 is 0. The van der Waals surface area contributed by atoms with Gasteiger partial charge in [0.1, 0.15) is 81.2 Å². The van der Waals surface area contributed by atoms with Crippen molar-refractivity contribution in [3.8, 4) is 0 Å². The Kier molecular flexibility index (Phi) is 23.7. The van der Waals surface area contributed by atoms with Crippen molar-refractivity contribution >= 4 is 144 Å². The van der Waals surface area contributed by atoms with E-state index in [0.29, 0.717) is 0 Å². The second-order valence-electron chi connectivity index (χ2n) is 22.5. The van der Waals surface area contributed by atoms with E-state index >= 15 is 0 Å². The van der Waals surface area contributed by atoms with E-state index in [4.69, 9.17) is 0 Å². The smallest absolute Gasteiger partial charge is 0.0625 e. The van der Waals surface area contributed by atoms with Crippen LogP contribution in [0.2, 0.25) is 0 Å². The minimum absolute atomic E-state index is 0. The third-order valence-corrected chi connectivity index (χ3v) is 36.0. The van der Waals surface area contributed by atoms with E-state index in [0.717, 1.165) is 0 Å². The largest absolute Gasteiger partial charge is 0.143 e. The molecule has 14 aromatic rings. The zero-order chi connectivity index (χ0) is 60.5. The zero-order valence-corrected chi connectivity index (χ0v) is 59.1. The summed E-state index contributed by atoms with van der Waals surface area (Å²) in [5.41, 5.74) is 0. The molecule has 0 heterocycles. The minimum Gasteiger partial charge on any atom is -0.0625 e. The normalized spacial score (nSPS) is 11.0. The monoisotopic (exact) mass is 1390 g/mol. The molecule has 0 unspecified atom stereocenters. The van der Waals surface area contributed by atoms with Crippen molar-refractivity contribution < 1.29 is 34.1 Å². The molecular weight excluding hydrogens is 1320 g/mol. The molecule has 0 atom stereocenters. The predicted molar refractivity (Wildman–Crippen MR) is 411 cm³/mol. The van der Waals surface area contributed by atoms with E-state index in [9.17, 15) is 0 Å². The van der Waals surface area contributed by atoms with E-state index < -0.39 is 49.3 Å². The average Bonchev–Trinajstić information content (AvgIpc) is 0.778. The summed E-state index contributed by atoms with van der Waals surface area (Å²) in [5.74, 6) is 0. The van der Waals surface area contributed by atoms with Gasteiger partial charge in [-0.05, 0) is 142 Å². The molecule has 0 amide bonds. The molecule has 14 aromatic carbocycles. The van der Waals surface area contributed by atoms with Crippen molar-refractivity contribution in [1.82, 2.24) is 0 Å². The summed E-state index contributed by atoms with van der Waals surface area (Å²) in [4.78, 5) is 0. The van der Waals surface area contributed by atoms with Crippen molar-refractivity contribution in [2.75, 3.05) is 0 Å². The van der Waals surface area contributed by atoms with Gasteiger partial charge in [0.2, 0.25) is 0 Å². The van der Waals surface area contributed by atoms with Crippen LogP contribution in [0.25, 0.3) is 0 Å². The molecule has 454 valence electrons. The topological polar surface area (TPSA) is 0 Å². The molecule has 0 nitrogen and oxygen atoms in total. The van der Waals surface area contributed by atoms with Gasteiger partial charge >= 0.3 is 0 Å². The van der Waals surface area contributed by atoms with Crippen LogP contribution in [0, 0.1) is 0 Å². The standard InChI is InChI=1S/2C42H34P2Si.2Cu/c2*1-6-20-34(21-7-1)43(35-22-8-2-9-23-35)39-30-16-18-32-41(39)45(38-28-14-5-15-29-38)42-33-19-17-31-40(42)44(36-24-10-3-11-25-36)37-26-12-4-13-27-37;;/h2*1-33,45H;;/p+4. The van der Waals surface area contributed by atoms with Gasteiger partial charge in [0, 0.05) is 34.1 Å². The molecule has 0 aliphatic heterocycles.